The highest BCUT2D eigenvalue weighted by Crippen LogP contribution is 2.40. The Hall–Kier alpha value is -4.00. The summed E-state index contributed by atoms with van der Waals surface area (Å²) >= 11 is 0. The summed E-state index contributed by atoms with van der Waals surface area (Å²) in [7, 11) is 1.54. The summed E-state index contributed by atoms with van der Waals surface area (Å²) in [5.41, 5.74) is 2.42. The maximum absolute atomic E-state index is 13.5. The van der Waals surface area contributed by atoms with Gasteiger partial charge in [-0.3, -0.25) is 19.4 Å². The van der Waals surface area contributed by atoms with Crippen molar-refractivity contribution in [3.8, 4) is 11.5 Å². The van der Waals surface area contributed by atoms with Gasteiger partial charge in [0.2, 0.25) is 5.78 Å². The summed E-state index contributed by atoms with van der Waals surface area (Å²) in [4.78, 5) is 45.1. The highest BCUT2D eigenvalue weighted by Gasteiger charge is 2.51. The maximum atomic E-state index is 13.5. The molecule has 32 heavy (non-hydrogen) atoms. The molecular formula is C25H22N2O5. The molecule has 162 valence electrons. The molecule has 7 nitrogen and oxygen atoms in total. The molecule has 0 aliphatic carbocycles. The van der Waals surface area contributed by atoms with E-state index in [1.165, 1.54) is 17.0 Å². The Morgan fingerprint density at radius 3 is 2.50 bits per heavy atom. The average Bonchev–Trinajstić information content (AvgIpc) is 3.04. The second-order valence-corrected chi connectivity index (χ2v) is 7.72. The van der Waals surface area contributed by atoms with Gasteiger partial charge in [0.25, 0.3) is 5.91 Å². The predicted molar refractivity (Wildman–Crippen MR) is 116 cm³/mol. The number of rotatable bonds is 6. The summed E-state index contributed by atoms with van der Waals surface area (Å²) in [5, 5.41) is 9.70. The molecule has 3 aromatic rings. The van der Waals surface area contributed by atoms with E-state index in [-0.39, 0.29) is 12.3 Å². The van der Waals surface area contributed by atoms with Crippen LogP contribution in [0.15, 0.2) is 67.0 Å². The number of carbonyl (C=O) groups is 3. The zero-order valence-electron chi connectivity index (χ0n) is 17.7. The number of amides is 1. The van der Waals surface area contributed by atoms with Crippen molar-refractivity contribution in [2.45, 2.75) is 19.5 Å². The number of aromatic hydroxyl groups is 1. The van der Waals surface area contributed by atoms with Crippen LogP contribution in [-0.2, 0) is 16.1 Å². The Labute approximate surface area is 185 Å². The van der Waals surface area contributed by atoms with Crippen LogP contribution >= 0.6 is 0 Å². The van der Waals surface area contributed by atoms with Gasteiger partial charge in [-0.25, -0.2) is 0 Å². The Kier molecular flexibility index (Phi) is 5.73. The molecule has 2 unspecified atom stereocenters. The molecule has 4 rings (SSSR count). The minimum Gasteiger partial charge on any atom is -0.508 e. The zero-order valence-corrected chi connectivity index (χ0v) is 17.7. The maximum Gasteiger partial charge on any atom is 0.291 e. The Bertz CT molecular complexity index is 1170. The Balaban J connectivity index is 1.77. The van der Waals surface area contributed by atoms with E-state index in [9.17, 15) is 19.5 Å². The number of nitrogens with zero attached hydrogens (tertiary/aromatic N) is 2. The number of benzene rings is 2. The van der Waals surface area contributed by atoms with Crippen LogP contribution in [0.5, 0.6) is 11.5 Å². The minimum absolute atomic E-state index is 0.0527. The molecule has 1 aromatic heterocycles. The number of aryl methyl sites for hydroxylation is 1. The Morgan fingerprint density at radius 1 is 1.12 bits per heavy atom. The third-order valence-electron chi connectivity index (χ3n) is 5.68. The monoisotopic (exact) mass is 430 g/mol. The molecular weight excluding hydrogens is 408 g/mol. The van der Waals surface area contributed by atoms with Gasteiger partial charge in [-0.15, -0.1) is 0 Å². The van der Waals surface area contributed by atoms with Gasteiger partial charge in [0, 0.05) is 24.5 Å². The second kappa shape index (κ2) is 8.63. The van der Waals surface area contributed by atoms with Crippen LogP contribution in [0, 0.1) is 12.8 Å². The van der Waals surface area contributed by atoms with Gasteiger partial charge in [-0.05, 0) is 60.0 Å². The van der Waals surface area contributed by atoms with E-state index in [1.54, 1.807) is 62.0 Å². The van der Waals surface area contributed by atoms with E-state index < -0.39 is 29.4 Å². The summed E-state index contributed by atoms with van der Waals surface area (Å²) in [5.74, 6) is -2.40. The number of phenols is 1. The fraction of sp³-hybridized carbons (Fsp3) is 0.200. The lowest BCUT2D eigenvalue weighted by atomic mass is 9.86. The average molecular weight is 430 g/mol. The van der Waals surface area contributed by atoms with Crippen molar-refractivity contribution in [1.29, 1.82) is 0 Å². The fourth-order valence-electron chi connectivity index (χ4n) is 4.10. The Morgan fingerprint density at radius 2 is 1.88 bits per heavy atom. The number of ketones is 2. The third kappa shape index (κ3) is 3.85. The molecule has 1 N–H and O–H groups in total. The number of phenolic OH excluding ortho intramolecular Hbond substituents is 1. The normalized spacial score (nSPS) is 18.1. The molecule has 1 amide bonds. The molecule has 1 aliphatic heterocycles. The quantitative estimate of drug-likeness (QED) is 0.366. The summed E-state index contributed by atoms with van der Waals surface area (Å²) < 4.78 is 5.26. The second-order valence-electron chi connectivity index (χ2n) is 7.72. The zero-order chi connectivity index (χ0) is 22.8. The molecule has 0 saturated carbocycles. The van der Waals surface area contributed by atoms with E-state index in [1.807, 2.05) is 6.92 Å². The van der Waals surface area contributed by atoms with Crippen molar-refractivity contribution in [2.75, 3.05) is 7.11 Å². The van der Waals surface area contributed by atoms with Crippen molar-refractivity contribution >= 4 is 17.5 Å². The smallest absolute Gasteiger partial charge is 0.291 e. The standard InChI is InChI=1S/C25H22N2O5/c1-15-12-18(7-10-20(15)32-2)23(29)21-22(17-5-8-19(28)9-6-17)27(25(31)24(21)30)14-16-4-3-11-26-13-16/h3-13,21-22,28H,14H2,1-2H3. The van der Waals surface area contributed by atoms with Crippen molar-refractivity contribution in [3.63, 3.8) is 0 Å². The van der Waals surface area contributed by atoms with Crippen LogP contribution in [0.2, 0.25) is 0 Å². The number of Topliss-reactive ketones (excluding diaryl/α,β-unsaturated/α-hetero) is 2. The van der Waals surface area contributed by atoms with Gasteiger partial charge in [0.1, 0.15) is 17.4 Å². The van der Waals surface area contributed by atoms with Crippen LogP contribution in [0.1, 0.15) is 33.1 Å². The van der Waals surface area contributed by atoms with Crippen LogP contribution in [0.3, 0.4) is 0 Å². The van der Waals surface area contributed by atoms with Crippen molar-refractivity contribution in [3.05, 3.63) is 89.2 Å². The first kappa shape index (κ1) is 21.2. The lowest BCUT2D eigenvalue weighted by molar-refractivity contribution is -0.141. The van der Waals surface area contributed by atoms with Crippen molar-refractivity contribution < 1.29 is 24.2 Å². The SMILES string of the molecule is COc1ccc(C(=O)C2C(=O)C(=O)N(Cc3cccnc3)C2c2ccc(O)cc2)cc1C. The predicted octanol–water partition coefficient (Wildman–Crippen LogP) is 3.26. The highest BCUT2D eigenvalue weighted by molar-refractivity contribution is 6.44. The molecule has 2 atom stereocenters. The van der Waals surface area contributed by atoms with E-state index in [0.717, 1.165) is 11.1 Å². The minimum atomic E-state index is -1.20. The lowest BCUT2D eigenvalue weighted by Crippen LogP contribution is -2.30. The molecule has 1 aliphatic rings. The molecule has 2 heterocycles. The molecule has 1 fully saturated rings. The number of aromatic nitrogens is 1. The third-order valence-corrected chi connectivity index (χ3v) is 5.68. The highest BCUT2D eigenvalue weighted by atomic mass is 16.5. The number of hydrogen-bond donors (Lipinski definition) is 1. The van der Waals surface area contributed by atoms with Gasteiger partial charge in [0.15, 0.2) is 5.78 Å². The van der Waals surface area contributed by atoms with Gasteiger partial charge in [0.05, 0.1) is 13.2 Å². The van der Waals surface area contributed by atoms with Gasteiger partial charge in [-0.1, -0.05) is 18.2 Å². The van der Waals surface area contributed by atoms with Crippen molar-refractivity contribution in [1.82, 2.24) is 9.88 Å². The van der Waals surface area contributed by atoms with Gasteiger partial charge in [-0.2, -0.15) is 0 Å². The van der Waals surface area contributed by atoms with Crippen molar-refractivity contribution in [2.24, 2.45) is 5.92 Å². The number of methoxy groups -OCH3 is 1. The molecule has 0 spiro atoms. The fourth-order valence-corrected chi connectivity index (χ4v) is 4.10. The number of ether oxygens (including phenoxy) is 1. The first-order valence-corrected chi connectivity index (χ1v) is 10.1. The first-order valence-electron chi connectivity index (χ1n) is 10.1. The molecule has 1 saturated heterocycles. The summed E-state index contributed by atoms with van der Waals surface area (Å²) in [6.07, 6.45) is 3.24. The van der Waals surface area contributed by atoms with Crippen LogP contribution < -0.4 is 4.74 Å². The van der Waals surface area contributed by atoms with Crippen LogP contribution in [0.25, 0.3) is 0 Å². The van der Waals surface area contributed by atoms with Gasteiger partial charge < -0.3 is 14.7 Å². The summed E-state index contributed by atoms with van der Waals surface area (Å²) in [6.45, 7) is 1.94. The van der Waals surface area contributed by atoms with Crippen LogP contribution in [-0.4, -0.2) is 39.6 Å². The number of hydrogen-bond acceptors (Lipinski definition) is 6. The molecule has 0 radical (unpaired) electrons. The summed E-state index contributed by atoms with van der Waals surface area (Å²) in [6, 6.07) is 13.9. The van der Waals surface area contributed by atoms with E-state index >= 15 is 0 Å². The van der Waals surface area contributed by atoms with E-state index in [4.69, 9.17) is 4.74 Å². The first-order chi connectivity index (χ1) is 15.4. The molecule has 2 aromatic carbocycles. The van der Waals surface area contributed by atoms with E-state index in [0.29, 0.717) is 16.9 Å². The van der Waals surface area contributed by atoms with Gasteiger partial charge >= 0.3 is 0 Å². The number of likely N-dealkylation sites (tertiary alicyclic amines) is 1. The van der Waals surface area contributed by atoms with E-state index in [2.05, 4.69) is 4.98 Å². The number of carbonyl (C=O) groups excluding carboxylic acids is 3. The molecule has 7 heteroatoms. The lowest BCUT2D eigenvalue weighted by Gasteiger charge is -2.27. The van der Waals surface area contributed by atoms with Crippen LogP contribution in [0.4, 0.5) is 0 Å². The topological polar surface area (TPSA) is 96.8 Å². The number of pyridine rings is 1. The molecule has 0 bridgehead atoms. The largest absolute Gasteiger partial charge is 0.508 e.